The summed E-state index contributed by atoms with van der Waals surface area (Å²) in [5.74, 6) is -0.732. The SMILES string of the molecule is COc1cc2c(cc1OC)C(=O)[C@]1(C2)[C@@H](c2ccc(F)cc2)[C@@H]2CSCN2[C@@]12C(=O)Nc1ccc(OC(F)(F)F)cc12. The monoisotopic (exact) mass is 600 g/mol. The molecule has 4 atom stereocenters. The standard InChI is InChI=1S/C30H24F4N2O5S/c1-39-23-9-16-12-28(26(37)19(16)11-24(23)40-2)25(15-3-5-17(31)6-4-15)22-13-42-14-36(22)29(28)20-10-18(41-30(32,33)34)7-8-21(20)35-27(29)38/h3-11,22,25H,12-14H2,1-2H3,(H,35,38)/t22-,25-,28-,29-/m0/s1. The lowest BCUT2D eigenvalue weighted by molar-refractivity contribution is -0.274. The fraction of sp³-hybridized carbons (Fsp3) is 0.333. The van der Waals surface area contributed by atoms with Crippen molar-refractivity contribution in [2.24, 2.45) is 5.41 Å². The van der Waals surface area contributed by atoms with Gasteiger partial charge in [0.25, 0.3) is 5.91 Å². The van der Waals surface area contributed by atoms with Crippen LogP contribution in [0.5, 0.6) is 17.2 Å². The second-order valence-corrected chi connectivity index (χ2v) is 11.8. The highest BCUT2D eigenvalue weighted by Crippen LogP contribution is 2.71. The van der Waals surface area contributed by atoms with Crippen molar-refractivity contribution in [3.63, 3.8) is 0 Å². The van der Waals surface area contributed by atoms with Gasteiger partial charge in [-0.3, -0.25) is 14.5 Å². The molecule has 3 heterocycles. The van der Waals surface area contributed by atoms with Gasteiger partial charge in [-0.1, -0.05) is 12.1 Å². The van der Waals surface area contributed by atoms with E-state index in [1.165, 1.54) is 38.5 Å². The minimum absolute atomic E-state index is 0.0957. The zero-order valence-electron chi connectivity index (χ0n) is 22.4. The molecule has 3 aliphatic heterocycles. The number of hydrogen-bond acceptors (Lipinski definition) is 7. The van der Waals surface area contributed by atoms with Crippen LogP contribution in [0.25, 0.3) is 0 Å². The van der Waals surface area contributed by atoms with Crippen LogP contribution in [-0.4, -0.2) is 54.8 Å². The summed E-state index contributed by atoms with van der Waals surface area (Å²) < 4.78 is 69.4. The van der Waals surface area contributed by atoms with Gasteiger partial charge in [-0.15, -0.1) is 24.9 Å². The Hall–Kier alpha value is -3.77. The summed E-state index contributed by atoms with van der Waals surface area (Å²) in [7, 11) is 2.93. The normalized spacial score (nSPS) is 27.8. The maximum atomic E-state index is 15.0. The summed E-state index contributed by atoms with van der Waals surface area (Å²) in [5, 5.41) is 2.87. The number of fused-ring (bicyclic) bond motifs is 6. The molecule has 1 aliphatic carbocycles. The van der Waals surface area contributed by atoms with E-state index in [-0.39, 0.29) is 23.8 Å². The molecule has 4 aliphatic rings. The van der Waals surface area contributed by atoms with Gasteiger partial charge in [-0.2, -0.15) is 0 Å². The van der Waals surface area contributed by atoms with E-state index in [2.05, 4.69) is 10.1 Å². The van der Waals surface area contributed by atoms with Crippen molar-refractivity contribution in [2.45, 2.75) is 30.3 Å². The Morgan fingerprint density at radius 1 is 1.00 bits per heavy atom. The van der Waals surface area contributed by atoms with Crippen LogP contribution in [0.2, 0.25) is 0 Å². The first-order chi connectivity index (χ1) is 20.0. The van der Waals surface area contributed by atoms with Crippen molar-refractivity contribution in [2.75, 3.05) is 31.2 Å². The molecule has 7 nitrogen and oxygen atoms in total. The van der Waals surface area contributed by atoms with E-state index in [9.17, 15) is 22.4 Å². The molecule has 1 N–H and O–H groups in total. The molecule has 12 heteroatoms. The molecular weight excluding hydrogens is 576 g/mol. The fourth-order valence-electron chi connectivity index (χ4n) is 7.70. The molecule has 218 valence electrons. The zero-order chi connectivity index (χ0) is 29.6. The number of ether oxygens (including phenoxy) is 3. The Kier molecular flexibility index (Phi) is 5.88. The Labute approximate surface area is 242 Å². The number of amides is 1. The molecule has 2 fully saturated rings. The van der Waals surface area contributed by atoms with Crippen LogP contribution in [0, 0.1) is 11.2 Å². The number of hydrogen-bond donors (Lipinski definition) is 1. The van der Waals surface area contributed by atoms with Crippen molar-refractivity contribution in [3.8, 4) is 17.2 Å². The summed E-state index contributed by atoms with van der Waals surface area (Å²) >= 11 is 1.57. The van der Waals surface area contributed by atoms with E-state index in [1.807, 2.05) is 4.90 Å². The quantitative estimate of drug-likeness (QED) is 0.397. The minimum Gasteiger partial charge on any atom is -0.493 e. The smallest absolute Gasteiger partial charge is 0.493 e. The molecule has 2 saturated heterocycles. The van der Waals surface area contributed by atoms with E-state index in [0.29, 0.717) is 45.5 Å². The number of carbonyl (C=O) groups is 2. The summed E-state index contributed by atoms with van der Waals surface area (Å²) in [6.07, 6.45) is -4.86. The third kappa shape index (κ3) is 3.45. The largest absolute Gasteiger partial charge is 0.573 e. The van der Waals surface area contributed by atoms with Crippen LogP contribution >= 0.6 is 11.8 Å². The first-order valence-corrected chi connectivity index (χ1v) is 14.3. The van der Waals surface area contributed by atoms with Crippen molar-refractivity contribution >= 4 is 29.1 Å². The molecular formula is C30H24F4N2O5S. The molecule has 0 saturated carbocycles. The second-order valence-electron chi connectivity index (χ2n) is 10.8. The molecule has 0 radical (unpaired) electrons. The third-order valence-electron chi connectivity index (χ3n) is 9.06. The number of anilines is 1. The van der Waals surface area contributed by atoms with Crippen molar-refractivity contribution < 1.29 is 41.4 Å². The van der Waals surface area contributed by atoms with E-state index in [1.54, 1.807) is 36.0 Å². The van der Waals surface area contributed by atoms with Crippen molar-refractivity contribution in [1.29, 1.82) is 0 Å². The highest BCUT2D eigenvalue weighted by Gasteiger charge is 2.79. The number of rotatable bonds is 4. The Morgan fingerprint density at radius 3 is 2.40 bits per heavy atom. The Morgan fingerprint density at radius 2 is 1.71 bits per heavy atom. The van der Waals surface area contributed by atoms with Crippen LogP contribution in [0.3, 0.4) is 0 Å². The molecule has 3 aromatic rings. The molecule has 7 rings (SSSR count). The van der Waals surface area contributed by atoms with Gasteiger partial charge in [0.2, 0.25) is 0 Å². The summed E-state index contributed by atoms with van der Waals surface area (Å²) in [6, 6.07) is 12.6. The van der Waals surface area contributed by atoms with Gasteiger partial charge in [0.05, 0.1) is 19.6 Å². The maximum Gasteiger partial charge on any atom is 0.573 e. The first kappa shape index (κ1) is 27.1. The zero-order valence-corrected chi connectivity index (χ0v) is 23.2. The van der Waals surface area contributed by atoms with Gasteiger partial charge >= 0.3 is 6.36 Å². The number of nitrogens with zero attached hydrogens (tertiary/aromatic N) is 1. The molecule has 2 spiro atoms. The summed E-state index contributed by atoms with van der Waals surface area (Å²) in [6.45, 7) is 0. The average molecular weight is 601 g/mol. The van der Waals surface area contributed by atoms with Gasteiger partial charge in [-0.25, -0.2) is 4.39 Å². The number of halogens is 4. The van der Waals surface area contributed by atoms with E-state index in [0.717, 1.165) is 6.07 Å². The summed E-state index contributed by atoms with van der Waals surface area (Å²) in [4.78, 5) is 31.4. The minimum atomic E-state index is -4.96. The topological polar surface area (TPSA) is 77.1 Å². The predicted octanol–water partition coefficient (Wildman–Crippen LogP) is 5.49. The predicted molar refractivity (Wildman–Crippen MR) is 146 cm³/mol. The van der Waals surface area contributed by atoms with Crippen molar-refractivity contribution in [3.05, 3.63) is 82.7 Å². The van der Waals surface area contributed by atoms with Gasteiger partial charge in [0.1, 0.15) is 17.1 Å². The highest BCUT2D eigenvalue weighted by atomic mass is 32.2. The lowest BCUT2D eigenvalue weighted by Gasteiger charge is -2.44. The number of methoxy groups -OCH3 is 2. The molecule has 0 unspecified atom stereocenters. The van der Waals surface area contributed by atoms with Crippen molar-refractivity contribution in [1.82, 2.24) is 4.90 Å². The second kappa shape index (κ2) is 9.11. The number of thioether (sulfide) groups is 1. The van der Waals surface area contributed by atoms with E-state index >= 15 is 4.79 Å². The van der Waals surface area contributed by atoms with E-state index < -0.39 is 40.7 Å². The number of nitrogens with one attached hydrogen (secondary N) is 1. The lowest BCUT2D eigenvalue weighted by atomic mass is 9.58. The third-order valence-corrected chi connectivity index (χ3v) is 10.1. The number of benzene rings is 3. The Balaban J connectivity index is 1.53. The van der Waals surface area contributed by atoms with Crippen LogP contribution < -0.4 is 19.5 Å². The Bertz CT molecular complexity index is 1650. The molecule has 3 aromatic carbocycles. The van der Waals surface area contributed by atoms with Crippen LogP contribution in [0.4, 0.5) is 23.2 Å². The van der Waals surface area contributed by atoms with Gasteiger partial charge in [0.15, 0.2) is 17.3 Å². The molecule has 42 heavy (non-hydrogen) atoms. The van der Waals surface area contributed by atoms with Gasteiger partial charge in [-0.05, 0) is 60.0 Å². The maximum absolute atomic E-state index is 15.0. The number of alkyl halides is 3. The van der Waals surface area contributed by atoms with Crippen LogP contribution in [0.1, 0.15) is 33.0 Å². The fourth-order valence-corrected chi connectivity index (χ4v) is 9.00. The first-order valence-electron chi connectivity index (χ1n) is 13.2. The molecule has 0 bridgehead atoms. The van der Waals surface area contributed by atoms with E-state index in [4.69, 9.17) is 9.47 Å². The van der Waals surface area contributed by atoms with Gasteiger partial charge < -0.3 is 19.5 Å². The van der Waals surface area contributed by atoms with Crippen LogP contribution in [0.15, 0.2) is 54.6 Å². The van der Waals surface area contributed by atoms with Gasteiger partial charge in [0, 0.05) is 40.4 Å². The number of carbonyl (C=O) groups excluding carboxylic acids is 2. The summed E-state index contributed by atoms with van der Waals surface area (Å²) in [5.41, 5.74) is -0.997. The lowest BCUT2D eigenvalue weighted by Crippen LogP contribution is -2.58. The van der Waals surface area contributed by atoms with Crippen LogP contribution in [-0.2, 0) is 16.8 Å². The average Bonchev–Trinajstić information content (AvgIpc) is 3.66. The number of ketones is 1. The number of Topliss-reactive ketones (excluding diaryl/α,β-unsaturated/α-hetero) is 1. The molecule has 0 aromatic heterocycles. The highest BCUT2D eigenvalue weighted by molar-refractivity contribution is 7.99. The molecule has 1 amide bonds.